The standard InChI is InChI=1S/C34H41NO2S/c1-25-10-20-31(21-11-25)38(36,37)35-22-8-9-26(24-35)23-32(27-12-16-29(17-13-27)33(2,3)4)28-14-18-30(19-15-28)34(5,6)7/h9-21,23H,8,22,24H2,1-7H3. The summed E-state index contributed by atoms with van der Waals surface area (Å²) >= 11 is 0. The van der Waals surface area contributed by atoms with Crippen molar-refractivity contribution < 1.29 is 8.42 Å². The second kappa shape index (κ2) is 10.7. The predicted molar refractivity (Wildman–Crippen MR) is 160 cm³/mol. The molecule has 3 aromatic rings. The molecule has 200 valence electrons. The van der Waals surface area contributed by atoms with Crippen LogP contribution in [0.25, 0.3) is 5.57 Å². The molecule has 0 saturated carbocycles. The van der Waals surface area contributed by atoms with Gasteiger partial charge in [0.25, 0.3) is 0 Å². The summed E-state index contributed by atoms with van der Waals surface area (Å²) in [5.74, 6) is 0. The van der Waals surface area contributed by atoms with Crippen molar-refractivity contribution in [2.45, 2.75) is 70.6 Å². The Labute approximate surface area is 230 Å². The number of rotatable bonds is 5. The summed E-state index contributed by atoms with van der Waals surface area (Å²) < 4.78 is 28.4. The first-order valence-electron chi connectivity index (χ1n) is 13.4. The number of benzene rings is 3. The van der Waals surface area contributed by atoms with Crippen LogP contribution in [-0.2, 0) is 20.9 Å². The van der Waals surface area contributed by atoms with Gasteiger partial charge in [-0.25, -0.2) is 8.42 Å². The fourth-order valence-electron chi connectivity index (χ4n) is 4.73. The van der Waals surface area contributed by atoms with E-state index in [1.54, 1.807) is 16.4 Å². The first-order chi connectivity index (χ1) is 17.7. The monoisotopic (exact) mass is 527 g/mol. The van der Waals surface area contributed by atoms with E-state index in [1.807, 2.05) is 19.1 Å². The van der Waals surface area contributed by atoms with Crippen molar-refractivity contribution in [3.63, 3.8) is 0 Å². The van der Waals surface area contributed by atoms with Gasteiger partial charge in [-0.2, -0.15) is 4.31 Å². The van der Waals surface area contributed by atoms with Crippen molar-refractivity contribution in [2.24, 2.45) is 0 Å². The van der Waals surface area contributed by atoms with Gasteiger partial charge in [0, 0.05) is 13.1 Å². The normalized spacial score (nSPS) is 15.2. The van der Waals surface area contributed by atoms with E-state index in [9.17, 15) is 8.42 Å². The maximum absolute atomic E-state index is 13.4. The maximum Gasteiger partial charge on any atom is 0.243 e. The highest BCUT2D eigenvalue weighted by Gasteiger charge is 2.27. The Balaban J connectivity index is 1.72. The largest absolute Gasteiger partial charge is 0.243 e. The fraction of sp³-hybridized carbons (Fsp3) is 0.353. The van der Waals surface area contributed by atoms with E-state index in [-0.39, 0.29) is 10.8 Å². The molecule has 0 aromatic heterocycles. The van der Waals surface area contributed by atoms with Crippen molar-refractivity contribution >= 4 is 15.6 Å². The van der Waals surface area contributed by atoms with Gasteiger partial charge in [-0.05, 0) is 75.8 Å². The highest BCUT2D eigenvalue weighted by atomic mass is 32.2. The summed E-state index contributed by atoms with van der Waals surface area (Å²) in [6, 6.07) is 24.7. The van der Waals surface area contributed by atoms with Crippen LogP contribution < -0.4 is 0 Å². The van der Waals surface area contributed by atoms with Gasteiger partial charge in [-0.1, -0.05) is 114 Å². The molecule has 0 fully saturated rings. The molecule has 0 aliphatic carbocycles. The van der Waals surface area contributed by atoms with Crippen molar-refractivity contribution in [1.29, 1.82) is 0 Å². The van der Waals surface area contributed by atoms with Crippen molar-refractivity contribution in [3.8, 4) is 0 Å². The molecule has 0 atom stereocenters. The lowest BCUT2D eigenvalue weighted by atomic mass is 9.84. The van der Waals surface area contributed by atoms with E-state index >= 15 is 0 Å². The van der Waals surface area contributed by atoms with Crippen molar-refractivity contribution in [3.05, 3.63) is 118 Å². The summed E-state index contributed by atoms with van der Waals surface area (Å²) in [7, 11) is -3.56. The van der Waals surface area contributed by atoms with Gasteiger partial charge in [0.2, 0.25) is 10.0 Å². The molecule has 0 radical (unpaired) electrons. The molecule has 0 saturated heterocycles. The van der Waals surface area contributed by atoms with Gasteiger partial charge >= 0.3 is 0 Å². The van der Waals surface area contributed by atoms with Crippen LogP contribution in [0, 0.1) is 6.92 Å². The lowest BCUT2D eigenvalue weighted by Gasteiger charge is -2.26. The molecule has 0 spiro atoms. The molecule has 0 N–H and O–H groups in total. The number of nitrogens with zero attached hydrogens (tertiary/aromatic N) is 1. The van der Waals surface area contributed by atoms with Gasteiger partial charge in [-0.15, -0.1) is 0 Å². The average Bonchev–Trinajstić information content (AvgIpc) is 2.87. The molecule has 1 aliphatic heterocycles. The van der Waals surface area contributed by atoms with Crippen LogP contribution in [0.4, 0.5) is 0 Å². The minimum Gasteiger partial charge on any atom is -0.207 e. The van der Waals surface area contributed by atoms with E-state index < -0.39 is 10.0 Å². The summed E-state index contributed by atoms with van der Waals surface area (Å²) in [5.41, 5.74) is 8.15. The van der Waals surface area contributed by atoms with E-state index in [0.717, 1.165) is 27.8 Å². The van der Waals surface area contributed by atoms with Crippen LogP contribution >= 0.6 is 0 Å². The average molecular weight is 528 g/mol. The molecule has 0 unspecified atom stereocenters. The first-order valence-corrected chi connectivity index (χ1v) is 14.9. The van der Waals surface area contributed by atoms with Crippen LogP contribution in [0.5, 0.6) is 0 Å². The molecule has 3 nitrogen and oxygen atoms in total. The maximum atomic E-state index is 13.4. The zero-order valence-electron chi connectivity index (χ0n) is 23.9. The third-order valence-electron chi connectivity index (χ3n) is 7.26. The van der Waals surface area contributed by atoms with Gasteiger partial charge < -0.3 is 0 Å². The lowest BCUT2D eigenvalue weighted by molar-refractivity contribution is 0.431. The molecule has 0 amide bonds. The molecule has 0 bridgehead atoms. The van der Waals surface area contributed by atoms with Gasteiger partial charge in [-0.3, -0.25) is 0 Å². The molecule has 1 heterocycles. The van der Waals surface area contributed by atoms with Gasteiger partial charge in [0.15, 0.2) is 0 Å². The molecule has 4 rings (SSSR count). The molecular weight excluding hydrogens is 486 g/mol. The summed E-state index contributed by atoms with van der Waals surface area (Å²) in [5, 5.41) is 0. The Bertz CT molecular complexity index is 1370. The number of hydrogen-bond acceptors (Lipinski definition) is 2. The van der Waals surface area contributed by atoms with E-state index in [4.69, 9.17) is 0 Å². The van der Waals surface area contributed by atoms with Crippen LogP contribution in [0.2, 0.25) is 0 Å². The third kappa shape index (κ3) is 6.36. The molecule has 3 aromatic carbocycles. The zero-order valence-corrected chi connectivity index (χ0v) is 24.7. The summed E-state index contributed by atoms with van der Waals surface area (Å²) in [6.45, 7) is 16.1. The molecule has 38 heavy (non-hydrogen) atoms. The second-order valence-electron chi connectivity index (χ2n) is 12.4. The Morgan fingerprint density at radius 2 is 1.21 bits per heavy atom. The topological polar surface area (TPSA) is 37.4 Å². The molecular formula is C34H41NO2S. The summed E-state index contributed by atoms with van der Waals surface area (Å²) in [4.78, 5) is 0.351. The highest BCUT2D eigenvalue weighted by molar-refractivity contribution is 7.89. The third-order valence-corrected chi connectivity index (χ3v) is 9.12. The molecule has 4 heteroatoms. The Kier molecular flexibility index (Phi) is 7.88. The van der Waals surface area contributed by atoms with Crippen LogP contribution in [-0.4, -0.2) is 25.8 Å². The van der Waals surface area contributed by atoms with E-state index in [1.165, 1.54) is 11.1 Å². The van der Waals surface area contributed by atoms with Gasteiger partial charge in [0.05, 0.1) is 4.90 Å². The second-order valence-corrected chi connectivity index (χ2v) is 14.4. The molecule has 1 aliphatic rings. The van der Waals surface area contributed by atoms with Crippen LogP contribution in [0.1, 0.15) is 75.8 Å². The van der Waals surface area contributed by atoms with Gasteiger partial charge in [0.1, 0.15) is 0 Å². The predicted octanol–water partition coefficient (Wildman–Crippen LogP) is 8.04. The smallest absolute Gasteiger partial charge is 0.207 e. The van der Waals surface area contributed by atoms with E-state index in [0.29, 0.717) is 24.4 Å². The number of sulfonamides is 1. The Morgan fingerprint density at radius 3 is 1.66 bits per heavy atom. The first kappa shape index (κ1) is 28.1. The van der Waals surface area contributed by atoms with Crippen molar-refractivity contribution in [2.75, 3.05) is 13.1 Å². The minimum atomic E-state index is -3.56. The SMILES string of the molecule is Cc1ccc(S(=O)(=O)N2CCC=C(C=C(c3ccc(C(C)(C)C)cc3)c3ccc(C(C)(C)C)cc3)C2)cc1. The van der Waals surface area contributed by atoms with Crippen molar-refractivity contribution in [1.82, 2.24) is 4.31 Å². The van der Waals surface area contributed by atoms with Crippen LogP contribution in [0.15, 0.2) is 95.4 Å². The fourth-order valence-corrected chi connectivity index (χ4v) is 6.17. The summed E-state index contributed by atoms with van der Waals surface area (Å²) in [6.07, 6.45) is 5.04. The zero-order chi connectivity index (χ0) is 27.7. The number of hydrogen-bond donors (Lipinski definition) is 0. The quantitative estimate of drug-likeness (QED) is 0.337. The lowest BCUT2D eigenvalue weighted by Crippen LogP contribution is -2.35. The van der Waals surface area contributed by atoms with E-state index in [2.05, 4.69) is 102 Å². The van der Waals surface area contributed by atoms with Crippen LogP contribution in [0.3, 0.4) is 0 Å². The minimum absolute atomic E-state index is 0.0769. The Hall–Kier alpha value is -2.95. The highest BCUT2D eigenvalue weighted by Crippen LogP contribution is 2.32. The number of aryl methyl sites for hydroxylation is 1. The Morgan fingerprint density at radius 1 is 0.737 bits per heavy atom.